The van der Waals surface area contributed by atoms with Crippen LogP contribution in [0.5, 0.6) is 0 Å². The van der Waals surface area contributed by atoms with Gasteiger partial charge in [-0.3, -0.25) is 14.7 Å². The molecule has 0 saturated heterocycles. The predicted molar refractivity (Wildman–Crippen MR) is 57.3 cm³/mol. The molecule has 0 spiro atoms. The van der Waals surface area contributed by atoms with E-state index in [1.807, 2.05) is 31.0 Å². The van der Waals surface area contributed by atoms with Crippen LogP contribution in [0.3, 0.4) is 0 Å². The second-order valence-corrected chi connectivity index (χ2v) is 3.57. The van der Waals surface area contributed by atoms with Gasteiger partial charge in [0.2, 0.25) is 0 Å². The molecule has 0 fully saturated rings. The summed E-state index contributed by atoms with van der Waals surface area (Å²) in [6, 6.07) is 3.96. The Labute approximate surface area is 89.9 Å². The van der Waals surface area contributed by atoms with Gasteiger partial charge in [0.1, 0.15) is 0 Å². The Hall–Kier alpha value is -1.42. The zero-order valence-corrected chi connectivity index (χ0v) is 9.36. The Balaban J connectivity index is 2.51. The van der Waals surface area contributed by atoms with Crippen LogP contribution in [-0.2, 0) is 16.1 Å². The summed E-state index contributed by atoms with van der Waals surface area (Å²) in [7, 11) is 3.25. The van der Waals surface area contributed by atoms with Gasteiger partial charge >= 0.3 is 5.97 Å². The average Bonchev–Trinajstić information content (AvgIpc) is 2.17. The average molecular weight is 208 g/mol. The summed E-state index contributed by atoms with van der Waals surface area (Å²) in [6.07, 6.45) is 1.77. The second kappa shape index (κ2) is 5.46. The first kappa shape index (κ1) is 11.7. The van der Waals surface area contributed by atoms with Gasteiger partial charge in [-0.25, -0.2) is 0 Å². The van der Waals surface area contributed by atoms with Crippen LogP contribution in [0.1, 0.15) is 11.3 Å². The highest BCUT2D eigenvalue weighted by molar-refractivity contribution is 5.71. The number of carbonyl (C=O) groups excluding carboxylic acids is 1. The van der Waals surface area contributed by atoms with E-state index >= 15 is 0 Å². The lowest BCUT2D eigenvalue weighted by Crippen LogP contribution is -2.26. The summed E-state index contributed by atoms with van der Waals surface area (Å²) in [5.74, 6) is -0.231. The zero-order valence-electron chi connectivity index (χ0n) is 9.36. The quantitative estimate of drug-likeness (QED) is 0.692. The van der Waals surface area contributed by atoms with Gasteiger partial charge in [0.25, 0.3) is 0 Å². The molecular weight excluding hydrogens is 192 g/mol. The molecule has 0 aliphatic carbocycles. The van der Waals surface area contributed by atoms with Crippen molar-refractivity contribution in [3.05, 3.63) is 29.6 Å². The lowest BCUT2D eigenvalue weighted by atomic mass is 10.2. The van der Waals surface area contributed by atoms with Gasteiger partial charge in [0, 0.05) is 12.7 Å². The van der Waals surface area contributed by atoms with E-state index in [1.54, 1.807) is 6.20 Å². The first-order chi connectivity index (χ1) is 7.11. The number of ether oxygens (including phenoxy) is 1. The molecule has 0 aliphatic rings. The molecule has 1 aromatic heterocycles. The van der Waals surface area contributed by atoms with Crippen LogP contribution in [0.2, 0.25) is 0 Å². The summed E-state index contributed by atoms with van der Waals surface area (Å²) < 4.78 is 4.58. The summed E-state index contributed by atoms with van der Waals surface area (Å²) in [4.78, 5) is 17.1. The van der Waals surface area contributed by atoms with Crippen molar-refractivity contribution in [3.8, 4) is 0 Å². The Bertz CT molecular complexity index is 339. The van der Waals surface area contributed by atoms with Crippen LogP contribution in [-0.4, -0.2) is 36.6 Å². The monoisotopic (exact) mass is 208 g/mol. The molecule has 0 saturated carbocycles. The molecule has 1 aromatic rings. The number of aryl methyl sites for hydroxylation is 1. The van der Waals surface area contributed by atoms with Crippen molar-refractivity contribution in [1.82, 2.24) is 9.88 Å². The number of aromatic nitrogens is 1. The van der Waals surface area contributed by atoms with Gasteiger partial charge < -0.3 is 4.74 Å². The van der Waals surface area contributed by atoms with E-state index in [2.05, 4.69) is 9.72 Å². The van der Waals surface area contributed by atoms with E-state index in [9.17, 15) is 4.79 Å². The highest BCUT2D eigenvalue weighted by atomic mass is 16.5. The maximum Gasteiger partial charge on any atom is 0.319 e. The van der Waals surface area contributed by atoms with Crippen molar-refractivity contribution in [2.24, 2.45) is 0 Å². The van der Waals surface area contributed by atoms with Crippen molar-refractivity contribution in [1.29, 1.82) is 0 Å². The van der Waals surface area contributed by atoms with Crippen molar-refractivity contribution in [2.75, 3.05) is 20.7 Å². The van der Waals surface area contributed by atoms with Gasteiger partial charge in [-0.2, -0.15) is 0 Å². The van der Waals surface area contributed by atoms with Crippen LogP contribution >= 0.6 is 0 Å². The third-order valence-corrected chi connectivity index (χ3v) is 2.03. The van der Waals surface area contributed by atoms with Gasteiger partial charge in [-0.15, -0.1) is 0 Å². The fourth-order valence-corrected chi connectivity index (χ4v) is 1.30. The predicted octanol–water partition coefficient (Wildman–Crippen LogP) is 0.995. The van der Waals surface area contributed by atoms with E-state index in [1.165, 1.54) is 12.7 Å². The Morgan fingerprint density at radius 1 is 1.60 bits per heavy atom. The number of carbonyl (C=O) groups is 1. The molecule has 0 N–H and O–H groups in total. The molecule has 1 heterocycles. The number of rotatable bonds is 4. The molecule has 82 valence electrons. The van der Waals surface area contributed by atoms with E-state index < -0.39 is 0 Å². The van der Waals surface area contributed by atoms with Gasteiger partial charge in [-0.05, 0) is 31.7 Å². The molecule has 1 rings (SSSR count). The van der Waals surface area contributed by atoms with Crippen molar-refractivity contribution in [3.63, 3.8) is 0 Å². The minimum atomic E-state index is -0.231. The van der Waals surface area contributed by atoms with Crippen LogP contribution in [0.25, 0.3) is 0 Å². The van der Waals surface area contributed by atoms with Gasteiger partial charge in [-0.1, -0.05) is 0 Å². The van der Waals surface area contributed by atoms with Gasteiger partial charge in [0.15, 0.2) is 0 Å². The number of pyridine rings is 1. The number of hydrogen-bond acceptors (Lipinski definition) is 4. The largest absolute Gasteiger partial charge is 0.468 e. The summed E-state index contributed by atoms with van der Waals surface area (Å²) in [6.45, 7) is 2.95. The van der Waals surface area contributed by atoms with Crippen molar-refractivity contribution < 1.29 is 9.53 Å². The molecule has 0 aromatic carbocycles. The molecule has 0 aliphatic heterocycles. The third kappa shape index (κ3) is 4.08. The maximum absolute atomic E-state index is 11.0. The van der Waals surface area contributed by atoms with Crippen molar-refractivity contribution >= 4 is 5.97 Å². The Morgan fingerprint density at radius 2 is 2.33 bits per heavy atom. The van der Waals surface area contributed by atoms with Crippen molar-refractivity contribution in [2.45, 2.75) is 13.5 Å². The smallest absolute Gasteiger partial charge is 0.319 e. The molecule has 4 heteroatoms. The van der Waals surface area contributed by atoms with E-state index in [0.717, 1.165) is 5.69 Å². The minimum absolute atomic E-state index is 0.231. The fraction of sp³-hybridized carbons (Fsp3) is 0.455. The minimum Gasteiger partial charge on any atom is -0.468 e. The normalized spacial score (nSPS) is 10.4. The molecule has 0 atom stereocenters. The van der Waals surface area contributed by atoms with Crippen LogP contribution < -0.4 is 0 Å². The summed E-state index contributed by atoms with van der Waals surface area (Å²) in [5, 5.41) is 0. The van der Waals surface area contributed by atoms with Crippen LogP contribution in [0.15, 0.2) is 18.3 Å². The first-order valence-corrected chi connectivity index (χ1v) is 4.78. The van der Waals surface area contributed by atoms with E-state index in [0.29, 0.717) is 6.54 Å². The molecular formula is C11H16N2O2. The fourth-order valence-electron chi connectivity index (χ4n) is 1.30. The summed E-state index contributed by atoms with van der Waals surface area (Å²) in [5.41, 5.74) is 2.13. The Morgan fingerprint density at radius 3 is 2.93 bits per heavy atom. The zero-order chi connectivity index (χ0) is 11.3. The van der Waals surface area contributed by atoms with E-state index in [-0.39, 0.29) is 12.5 Å². The number of methoxy groups -OCH3 is 1. The SMILES string of the molecule is COC(=O)CN(C)Cc1cc(C)ccn1. The highest BCUT2D eigenvalue weighted by Gasteiger charge is 2.07. The first-order valence-electron chi connectivity index (χ1n) is 4.78. The third-order valence-electron chi connectivity index (χ3n) is 2.03. The number of nitrogens with zero attached hydrogens (tertiary/aromatic N) is 2. The topological polar surface area (TPSA) is 42.4 Å². The van der Waals surface area contributed by atoms with Gasteiger partial charge in [0.05, 0.1) is 19.3 Å². The maximum atomic E-state index is 11.0. The molecule has 0 bridgehead atoms. The number of hydrogen-bond donors (Lipinski definition) is 0. The number of likely N-dealkylation sites (N-methyl/N-ethyl adjacent to an activating group) is 1. The lowest BCUT2D eigenvalue weighted by Gasteiger charge is -2.14. The lowest BCUT2D eigenvalue weighted by molar-refractivity contribution is -0.141. The molecule has 0 unspecified atom stereocenters. The molecule has 4 nitrogen and oxygen atoms in total. The molecule has 0 amide bonds. The second-order valence-electron chi connectivity index (χ2n) is 3.57. The summed E-state index contributed by atoms with van der Waals surface area (Å²) >= 11 is 0. The van der Waals surface area contributed by atoms with E-state index in [4.69, 9.17) is 0 Å². The highest BCUT2D eigenvalue weighted by Crippen LogP contribution is 2.02. The Kier molecular flexibility index (Phi) is 4.24. The van der Waals surface area contributed by atoms with Crippen LogP contribution in [0, 0.1) is 6.92 Å². The van der Waals surface area contributed by atoms with Crippen LogP contribution in [0.4, 0.5) is 0 Å². The standard InChI is InChI=1S/C11H16N2O2/c1-9-4-5-12-10(6-9)7-13(2)8-11(14)15-3/h4-6H,7-8H2,1-3H3. The number of esters is 1. The molecule has 15 heavy (non-hydrogen) atoms. The molecule has 0 radical (unpaired) electrons.